The van der Waals surface area contributed by atoms with Crippen LogP contribution in [0.4, 0.5) is 4.79 Å². The van der Waals surface area contributed by atoms with Crippen molar-refractivity contribution in [2.75, 3.05) is 0 Å². The zero-order valence-electron chi connectivity index (χ0n) is 21.0. The highest BCUT2D eigenvalue weighted by atomic mass is 16.4. The fourth-order valence-electron chi connectivity index (χ4n) is 8.77. The summed E-state index contributed by atoms with van der Waals surface area (Å²) < 4.78 is 2.01. The van der Waals surface area contributed by atoms with Crippen molar-refractivity contribution in [3.8, 4) is 0 Å². The van der Waals surface area contributed by atoms with E-state index >= 15 is 0 Å². The number of benzene rings is 1. The Labute approximate surface area is 208 Å². The average Bonchev–Trinajstić information content (AvgIpc) is 3.43. The second-order valence-electron chi connectivity index (χ2n) is 12.1. The van der Waals surface area contributed by atoms with Gasteiger partial charge in [-0.2, -0.15) is 0 Å². The van der Waals surface area contributed by atoms with Crippen LogP contribution in [0, 0.1) is 28.6 Å². The molecule has 2 N–H and O–H groups in total. The molecule has 6 nitrogen and oxygen atoms in total. The number of nitrogens with zero attached hydrogens (tertiary/aromatic N) is 3. The zero-order valence-corrected chi connectivity index (χ0v) is 21.0. The fourth-order valence-corrected chi connectivity index (χ4v) is 8.77. The Bertz CT molecular complexity index is 1130. The number of nitrogens with one attached hydrogen (secondary N) is 1. The van der Waals surface area contributed by atoms with E-state index in [0.29, 0.717) is 11.3 Å². The molecule has 1 heterocycles. The maximum Gasteiger partial charge on any atom is 0.404 e. The fraction of sp³-hybridized carbons (Fsp3) is 0.621. The lowest BCUT2D eigenvalue weighted by atomic mass is 9.47. The summed E-state index contributed by atoms with van der Waals surface area (Å²) >= 11 is 0. The summed E-state index contributed by atoms with van der Waals surface area (Å²) in [7, 11) is 0. The first kappa shape index (κ1) is 22.8. The molecule has 0 bridgehead atoms. The molecule has 0 aliphatic heterocycles. The summed E-state index contributed by atoms with van der Waals surface area (Å²) in [5, 5.41) is 21.1. The monoisotopic (exact) mass is 474 g/mol. The number of carboxylic acid groups (broad SMARTS) is 1. The maximum absolute atomic E-state index is 11.2. The molecular weight excluding hydrogens is 436 g/mol. The minimum absolute atomic E-state index is 0.0755. The summed E-state index contributed by atoms with van der Waals surface area (Å²) in [6.07, 6.45) is 13.0. The summed E-state index contributed by atoms with van der Waals surface area (Å²) in [5.41, 5.74) is 4.48. The largest absolute Gasteiger partial charge is 0.465 e. The van der Waals surface area contributed by atoms with Gasteiger partial charge in [0.1, 0.15) is 0 Å². The van der Waals surface area contributed by atoms with Gasteiger partial charge in [-0.25, -0.2) is 9.48 Å². The van der Waals surface area contributed by atoms with Gasteiger partial charge in [0.25, 0.3) is 0 Å². The van der Waals surface area contributed by atoms with Crippen molar-refractivity contribution < 1.29 is 9.90 Å². The molecule has 2 aromatic rings. The van der Waals surface area contributed by atoms with Gasteiger partial charge < -0.3 is 10.4 Å². The summed E-state index contributed by atoms with van der Waals surface area (Å²) in [5.74, 6) is 2.68. The lowest BCUT2D eigenvalue weighted by molar-refractivity contribution is -0.0329. The topological polar surface area (TPSA) is 80.0 Å². The molecule has 0 saturated heterocycles. The van der Waals surface area contributed by atoms with Crippen LogP contribution in [-0.2, 0) is 6.54 Å². The highest BCUT2D eigenvalue weighted by Gasteiger charge is 2.59. The minimum atomic E-state index is -0.890. The third-order valence-corrected chi connectivity index (χ3v) is 10.5. The lowest BCUT2D eigenvalue weighted by Crippen LogP contribution is -2.51. The zero-order chi connectivity index (χ0) is 24.2. The molecular formula is C29H38N4O2. The number of carbonyl (C=O) groups is 1. The summed E-state index contributed by atoms with van der Waals surface area (Å²) in [4.78, 5) is 11.2. The normalized spacial score (nSPS) is 38.1. The van der Waals surface area contributed by atoms with Gasteiger partial charge >= 0.3 is 6.09 Å². The molecule has 1 amide bonds. The van der Waals surface area contributed by atoms with Gasteiger partial charge in [-0.1, -0.05) is 61.0 Å². The first-order valence-electron chi connectivity index (χ1n) is 13.5. The van der Waals surface area contributed by atoms with E-state index in [4.69, 9.17) is 5.10 Å². The molecule has 3 saturated carbocycles. The van der Waals surface area contributed by atoms with Crippen molar-refractivity contribution in [2.45, 2.75) is 83.7 Å². The smallest absolute Gasteiger partial charge is 0.404 e. The van der Waals surface area contributed by atoms with Crippen LogP contribution in [0.3, 0.4) is 0 Å². The van der Waals surface area contributed by atoms with E-state index < -0.39 is 6.09 Å². The van der Waals surface area contributed by atoms with Gasteiger partial charge in [0, 0.05) is 18.2 Å². The van der Waals surface area contributed by atoms with Crippen LogP contribution in [-0.4, -0.2) is 32.2 Å². The first-order chi connectivity index (χ1) is 16.9. The number of rotatable bonds is 4. The van der Waals surface area contributed by atoms with Crippen molar-refractivity contribution in [1.82, 2.24) is 20.3 Å². The third-order valence-electron chi connectivity index (χ3n) is 10.5. The summed E-state index contributed by atoms with van der Waals surface area (Å²) in [6, 6.07) is 10.6. The molecule has 7 atom stereocenters. The van der Waals surface area contributed by atoms with E-state index in [1.807, 2.05) is 4.68 Å². The molecule has 1 aromatic carbocycles. The Hall–Kier alpha value is -2.63. The van der Waals surface area contributed by atoms with Crippen LogP contribution in [0.25, 0.3) is 0 Å². The number of hydrogen-bond acceptors (Lipinski definition) is 3. The van der Waals surface area contributed by atoms with Crippen LogP contribution in [0.2, 0.25) is 0 Å². The van der Waals surface area contributed by atoms with E-state index in [-0.39, 0.29) is 11.5 Å². The predicted octanol–water partition coefficient (Wildman–Crippen LogP) is 6.01. The van der Waals surface area contributed by atoms with Gasteiger partial charge in [-0.05, 0) is 85.5 Å². The van der Waals surface area contributed by atoms with Crippen LogP contribution in [0.1, 0.15) is 82.4 Å². The van der Waals surface area contributed by atoms with Crippen molar-refractivity contribution in [3.05, 3.63) is 59.4 Å². The van der Waals surface area contributed by atoms with Gasteiger partial charge in [-0.15, -0.1) is 5.10 Å². The number of aromatic nitrogens is 3. The number of allylic oxidation sites excluding steroid dienone is 1. The molecule has 0 spiro atoms. The predicted molar refractivity (Wildman–Crippen MR) is 135 cm³/mol. The van der Waals surface area contributed by atoms with E-state index in [1.54, 1.807) is 0 Å². The molecule has 6 rings (SSSR count). The van der Waals surface area contributed by atoms with Crippen LogP contribution < -0.4 is 5.32 Å². The van der Waals surface area contributed by atoms with Crippen molar-refractivity contribution in [1.29, 1.82) is 0 Å². The SMILES string of the molecule is C[C@]12CC[C@@H](NC(=O)O)CC1=CCC1C2CC[C@@]2(C)C1CC[C@@H]2c1cn(Cc2ccccc2)nn1. The van der Waals surface area contributed by atoms with E-state index in [1.165, 1.54) is 42.5 Å². The Kier molecular flexibility index (Phi) is 5.53. The van der Waals surface area contributed by atoms with Gasteiger partial charge in [0.05, 0.1) is 12.2 Å². The second kappa shape index (κ2) is 8.49. The molecule has 35 heavy (non-hydrogen) atoms. The van der Waals surface area contributed by atoms with Crippen molar-refractivity contribution in [2.24, 2.45) is 28.6 Å². The summed E-state index contributed by atoms with van der Waals surface area (Å²) in [6.45, 7) is 5.79. The molecule has 0 radical (unpaired) electrons. The highest BCUT2D eigenvalue weighted by Crippen LogP contribution is 2.67. The molecule has 3 fully saturated rings. The number of amides is 1. The quantitative estimate of drug-likeness (QED) is 0.532. The van der Waals surface area contributed by atoms with Gasteiger partial charge in [-0.3, -0.25) is 0 Å². The van der Waals surface area contributed by atoms with E-state index in [9.17, 15) is 9.90 Å². The Morgan fingerprint density at radius 3 is 2.74 bits per heavy atom. The Morgan fingerprint density at radius 2 is 1.94 bits per heavy atom. The third kappa shape index (κ3) is 3.80. The molecule has 6 heteroatoms. The van der Waals surface area contributed by atoms with Gasteiger partial charge in [0.15, 0.2) is 0 Å². The first-order valence-corrected chi connectivity index (χ1v) is 13.5. The van der Waals surface area contributed by atoms with E-state index in [0.717, 1.165) is 50.0 Å². The lowest BCUT2D eigenvalue weighted by Gasteiger charge is -2.58. The van der Waals surface area contributed by atoms with E-state index in [2.05, 4.69) is 67.0 Å². The van der Waals surface area contributed by atoms with Crippen molar-refractivity contribution >= 4 is 6.09 Å². The highest BCUT2D eigenvalue weighted by molar-refractivity contribution is 5.65. The molecule has 4 aliphatic carbocycles. The average molecular weight is 475 g/mol. The Morgan fingerprint density at radius 1 is 1.11 bits per heavy atom. The maximum atomic E-state index is 11.2. The van der Waals surface area contributed by atoms with Crippen LogP contribution in [0.5, 0.6) is 0 Å². The van der Waals surface area contributed by atoms with Crippen molar-refractivity contribution in [3.63, 3.8) is 0 Å². The number of hydrogen-bond donors (Lipinski definition) is 2. The standard InChI is InChI=1S/C29H38N4O2/c1-28-14-12-21(30-27(34)35)16-20(28)8-9-22-23-10-11-25(29(23,2)15-13-24(22)28)26-18-33(32-31-26)17-19-6-4-3-5-7-19/h3-8,18,21-25,30H,9-17H2,1-2H3,(H,34,35)/t21-,22?,23?,24?,25-,28+,29+/m1/s1. The molecule has 4 aliphatic rings. The molecule has 1 aromatic heterocycles. The molecule has 186 valence electrons. The number of fused-ring (bicyclic) bond motifs is 5. The second-order valence-corrected chi connectivity index (χ2v) is 12.1. The van der Waals surface area contributed by atoms with Gasteiger partial charge in [0.2, 0.25) is 0 Å². The van der Waals surface area contributed by atoms with Crippen LogP contribution in [0.15, 0.2) is 48.2 Å². The Balaban J connectivity index is 1.20. The minimum Gasteiger partial charge on any atom is -0.465 e. The van der Waals surface area contributed by atoms with Crippen LogP contribution >= 0.6 is 0 Å². The molecule has 3 unspecified atom stereocenters.